The highest BCUT2D eigenvalue weighted by molar-refractivity contribution is 9.10. The topological polar surface area (TPSA) is 124 Å². The zero-order valence-corrected chi connectivity index (χ0v) is 22.3. The third-order valence-corrected chi connectivity index (χ3v) is 6.69. The molecule has 38 heavy (non-hydrogen) atoms. The van der Waals surface area contributed by atoms with Crippen LogP contribution in [-0.2, 0) is 16.1 Å². The van der Waals surface area contributed by atoms with Gasteiger partial charge in [0.15, 0.2) is 11.7 Å². The van der Waals surface area contributed by atoms with Crippen LogP contribution in [0.2, 0.25) is 0 Å². The molecule has 1 saturated heterocycles. The number of furan rings is 1. The summed E-state index contributed by atoms with van der Waals surface area (Å²) < 4.78 is 27.6. The zero-order valence-electron chi connectivity index (χ0n) is 20.7. The average Bonchev–Trinajstić information content (AvgIpc) is 3.56. The maximum absolute atomic E-state index is 11.8. The molecule has 0 aliphatic carbocycles. The van der Waals surface area contributed by atoms with E-state index in [0.717, 1.165) is 24.3 Å². The molecule has 1 aliphatic rings. The van der Waals surface area contributed by atoms with Crippen molar-refractivity contribution < 1.29 is 27.8 Å². The number of hydrogen-bond acceptors (Lipinski definition) is 10. The molecule has 3 aromatic heterocycles. The van der Waals surface area contributed by atoms with E-state index in [1.807, 2.05) is 24.3 Å². The summed E-state index contributed by atoms with van der Waals surface area (Å²) in [6, 6.07) is 13.5. The molecule has 1 aliphatic heterocycles. The van der Waals surface area contributed by atoms with Gasteiger partial charge in [0, 0.05) is 42.9 Å². The molecule has 0 bridgehead atoms. The zero-order chi connectivity index (χ0) is 26.6. The largest absolute Gasteiger partial charge is 0.468 e. The Balaban J connectivity index is 1.51. The van der Waals surface area contributed by atoms with Crippen LogP contribution in [0.1, 0.15) is 27.8 Å². The molecule has 194 valence electrons. The number of benzene rings is 1. The van der Waals surface area contributed by atoms with Crippen molar-refractivity contribution in [1.82, 2.24) is 9.97 Å². The number of rotatable bonds is 7. The fraction of sp³-hybridized carbons (Fsp3) is 0.259. The third-order valence-electron chi connectivity index (χ3n) is 6.02. The SMILES string of the molecule is COC(=O)c1cc(Br)c(COc2nc(-c3ccc(N4CCOCC4)cc3)cc(-c3coc(C)n3)c2C#N)o1. The molecular formula is C27H23BrN4O6. The van der Waals surface area contributed by atoms with Gasteiger partial charge in [-0.15, -0.1) is 0 Å². The number of nitriles is 1. The van der Waals surface area contributed by atoms with E-state index in [4.69, 9.17) is 23.0 Å². The number of nitrogens with zero attached hydrogens (tertiary/aromatic N) is 4. The molecule has 1 aromatic carbocycles. The number of anilines is 1. The summed E-state index contributed by atoms with van der Waals surface area (Å²) in [6.07, 6.45) is 1.49. The van der Waals surface area contributed by atoms with Crippen molar-refractivity contribution in [2.24, 2.45) is 0 Å². The van der Waals surface area contributed by atoms with E-state index >= 15 is 0 Å². The molecule has 0 atom stereocenters. The van der Waals surface area contributed by atoms with Crippen LogP contribution in [0.5, 0.6) is 5.88 Å². The van der Waals surface area contributed by atoms with Crippen molar-refractivity contribution in [3.63, 3.8) is 0 Å². The molecule has 0 saturated carbocycles. The summed E-state index contributed by atoms with van der Waals surface area (Å²) in [6.45, 7) is 4.72. The summed E-state index contributed by atoms with van der Waals surface area (Å²) in [7, 11) is 1.27. The van der Waals surface area contributed by atoms with Gasteiger partial charge in [0.1, 0.15) is 30.2 Å². The molecule has 0 radical (unpaired) electrons. The number of aromatic nitrogens is 2. The van der Waals surface area contributed by atoms with Gasteiger partial charge >= 0.3 is 5.97 Å². The van der Waals surface area contributed by atoms with E-state index in [1.165, 1.54) is 19.4 Å². The van der Waals surface area contributed by atoms with Crippen LogP contribution in [0.3, 0.4) is 0 Å². The normalized spacial score (nSPS) is 13.3. The molecule has 5 rings (SSSR count). The Morgan fingerprint density at radius 3 is 2.58 bits per heavy atom. The molecule has 0 spiro atoms. The molecule has 0 unspecified atom stereocenters. The summed E-state index contributed by atoms with van der Waals surface area (Å²) >= 11 is 3.37. The molecule has 0 amide bonds. The van der Waals surface area contributed by atoms with Gasteiger partial charge in [-0.05, 0) is 34.1 Å². The highest BCUT2D eigenvalue weighted by Gasteiger charge is 2.21. The fourth-order valence-corrected chi connectivity index (χ4v) is 4.48. The van der Waals surface area contributed by atoms with Gasteiger partial charge in [0.05, 0.1) is 30.5 Å². The van der Waals surface area contributed by atoms with Crippen molar-refractivity contribution in [3.05, 3.63) is 70.1 Å². The summed E-state index contributed by atoms with van der Waals surface area (Å²) in [5.41, 5.74) is 3.74. The number of methoxy groups -OCH3 is 1. The number of oxazole rings is 1. The number of esters is 1. The highest BCUT2D eigenvalue weighted by Crippen LogP contribution is 2.34. The van der Waals surface area contributed by atoms with Crippen LogP contribution < -0.4 is 9.64 Å². The van der Waals surface area contributed by atoms with Gasteiger partial charge in [0.2, 0.25) is 11.6 Å². The monoisotopic (exact) mass is 578 g/mol. The van der Waals surface area contributed by atoms with Crippen LogP contribution in [0.4, 0.5) is 5.69 Å². The van der Waals surface area contributed by atoms with Gasteiger partial charge in [-0.3, -0.25) is 0 Å². The smallest absolute Gasteiger partial charge is 0.373 e. The molecule has 10 nitrogen and oxygen atoms in total. The van der Waals surface area contributed by atoms with Gasteiger partial charge in [0.25, 0.3) is 0 Å². The molecular weight excluding hydrogens is 556 g/mol. The number of ether oxygens (including phenoxy) is 3. The van der Waals surface area contributed by atoms with Crippen LogP contribution in [0.15, 0.2) is 56.0 Å². The quantitative estimate of drug-likeness (QED) is 0.272. The lowest BCUT2D eigenvalue weighted by Crippen LogP contribution is -2.36. The Morgan fingerprint density at radius 2 is 1.92 bits per heavy atom. The maximum Gasteiger partial charge on any atom is 0.373 e. The van der Waals surface area contributed by atoms with Crippen molar-refractivity contribution in [2.75, 3.05) is 38.3 Å². The first-order valence-corrected chi connectivity index (χ1v) is 12.6. The first-order chi connectivity index (χ1) is 18.5. The number of hydrogen-bond donors (Lipinski definition) is 0. The Kier molecular flexibility index (Phi) is 7.44. The molecule has 4 aromatic rings. The minimum atomic E-state index is -0.612. The lowest BCUT2D eigenvalue weighted by molar-refractivity contribution is 0.0561. The number of halogens is 1. The summed E-state index contributed by atoms with van der Waals surface area (Å²) in [5.74, 6) is 0.323. The van der Waals surface area contributed by atoms with Gasteiger partial charge < -0.3 is 27.9 Å². The van der Waals surface area contributed by atoms with Crippen LogP contribution in [0.25, 0.3) is 22.5 Å². The molecule has 0 N–H and O–H groups in total. The van der Waals surface area contributed by atoms with E-state index in [2.05, 4.69) is 36.9 Å². The van der Waals surface area contributed by atoms with Gasteiger partial charge in [-0.25, -0.2) is 14.8 Å². The van der Waals surface area contributed by atoms with E-state index in [0.29, 0.717) is 46.3 Å². The third kappa shape index (κ3) is 5.27. The Labute approximate surface area is 226 Å². The second-order valence-electron chi connectivity index (χ2n) is 8.41. The number of carbonyl (C=O) groups is 1. The molecule has 11 heteroatoms. The Hall–Kier alpha value is -4.14. The van der Waals surface area contributed by atoms with Crippen molar-refractivity contribution in [2.45, 2.75) is 13.5 Å². The summed E-state index contributed by atoms with van der Waals surface area (Å²) in [5, 5.41) is 10.0. The predicted octanol–water partition coefficient (Wildman–Crippen LogP) is 5.14. The first kappa shape index (κ1) is 25.5. The van der Waals surface area contributed by atoms with Gasteiger partial charge in [-0.2, -0.15) is 5.26 Å². The second-order valence-corrected chi connectivity index (χ2v) is 9.26. The van der Waals surface area contributed by atoms with Crippen molar-refractivity contribution in [3.8, 4) is 34.5 Å². The first-order valence-electron chi connectivity index (χ1n) is 11.8. The van der Waals surface area contributed by atoms with E-state index < -0.39 is 5.97 Å². The Bertz CT molecular complexity index is 1500. The fourth-order valence-electron chi connectivity index (χ4n) is 4.08. The lowest BCUT2D eigenvalue weighted by Gasteiger charge is -2.28. The minimum absolute atomic E-state index is 0.0271. The van der Waals surface area contributed by atoms with Crippen molar-refractivity contribution >= 4 is 27.6 Å². The number of aryl methyl sites for hydroxylation is 1. The lowest BCUT2D eigenvalue weighted by atomic mass is 10.0. The minimum Gasteiger partial charge on any atom is -0.468 e. The van der Waals surface area contributed by atoms with Crippen LogP contribution in [-0.4, -0.2) is 49.4 Å². The van der Waals surface area contributed by atoms with Crippen LogP contribution in [0, 0.1) is 18.3 Å². The van der Waals surface area contributed by atoms with E-state index in [1.54, 1.807) is 13.0 Å². The summed E-state index contributed by atoms with van der Waals surface area (Å²) in [4.78, 5) is 23.2. The average molecular weight is 579 g/mol. The van der Waals surface area contributed by atoms with Gasteiger partial charge in [-0.1, -0.05) is 12.1 Å². The maximum atomic E-state index is 11.8. The highest BCUT2D eigenvalue weighted by atomic mass is 79.9. The number of carbonyl (C=O) groups excluding carboxylic acids is 1. The second kappa shape index (κ2) is 11.1. The van der Waals surface area contributed by atoms with E-state index in [9.17, 15) is 10.1 Å². The van der Waals surface area contributed by atoms with Crippen LogP contribution >= 0.6 is 15.9 Å². The molecule has 1 fully saturated rings. The predicted molar refractivity (Wildman–Crippen MR) is 140 cm³/mol. The molecule has 4 heterocycles. The standard InChI is InChI=1S/C27H23BrN4O6/c1-16-30-23(14-36-16)19-11-22(17-3-5-18(6-4-17)32-7-9-35-10-8-32)31-26(20(19)13-29)37-15-25-21(28)12-24(38-25)27(33)34-2/h3-6,11-12,14H,7-10,15H2,1-2H3. The number of pyridine rings is 1. The van der Waals surface area contributed by atoms with E-state index in [-0.39, 0.29) is 23.8 Å². The Morgan fingerprint density at radius 1 is 1.16 bits per heavy atom. The number of morpholine rings is 1. The van der Waals surface area contributed by atoms with Crippen molar-refractivity contribution in [1.29, 1.82) is 5.26 Å².